The highest BCUT2D eigenvalue weighted by Crippen LogP contribution is 2.45. The van der Waals surface area contributed by atoms with Crippen LogP contribution in [0.15, 0.2) is 18.3 Å². The molecule has 0 unspecified atom stereocenters. The summed E-state index contributed by atoms with van der Waals surface area (Å²) in [5.74, 6) is 0.0323. The predicted molar refractivity (Wildman–Crippen MR) is 61.0 cm³/mol. The number of rotatable bonds is 2. The average Bonchev–Trinajstić information content (AvgIpc) is 2.90. The molecule has 17 heavy (non-hydrogen) atoms. The van der Waals surface area contributed by atoms with Gasteiger partial charge < -0.3 is 4.74 Å². The highest BCUT2D eigenvalue weighted by molar-refractivity contribution is 6.29. The van der Waals surface area contributed by atoms with E-state index < -0.39 is 0 Å². The first-order valence-corrected chi connectivity index (χ1v) is 5.69. The number of esters is 1. The Morgan fingerprint density at radius 2 is 2.29 bits per heavy atom. The van der Waals surface area contributed by atoms with Crippen LogP contribution in [-0.4, -0.2) is 20.6 Å². The van der Waals surface area contributed by atoms with Crippen LogP contribution in [0, 0.1) is 5.41 Å². The molecule has 0 aromatic carbocycles. The van der Waals surface area contributed by atoms with Gasteiger partial charge in [0.2, 0.25) is 5.88 Å². The summed E-state index contributed by atoms with van der Waals surface area (Å²) in [6, 6.07) is 3.35. The molecule has 3 rings (SSSR count). The topological polar surface area (TPSA) is 56.5 Å². The number of hydrogen-bond acceptors (Lipinski definition) is 4. The van der Waals surface area contributed by atoms with Crippen molar-refractivity contribution in [1.29, 1.82) is 0 Å². The fourth-order valence-corrected chi connectivity index (χ4v) is 1.64. The molecule has 0 atom stereocenters. The van der Waals surface area contributed by atoms with Gasteiger partial charge in [0.1, 0.15) is 5.15 Å². The summed E-state index contributed by atoms with van der Waals surface area (Å²) in [6.45, 7) is 1.89. The molecule has 1 aliphatic rings. The van der Waals surface area contributed by atoms with Crippen LogP contribution >= 0.6 is 11.6 Å². The van der Waals surface area contributed by atoms with E-state index in [0.717, 1.165) is 12.8 Å². The Hall–Kier alpha value is -1.62. The summed E-state index contributed by atoms with van der Waals surface area (Å²) in [7, 11) is 0. The van der Waals surface area contributed by atoms with Crippen molar-refractivity contribution in [1.82, 2.24) is 14.6 Å². The molecule has 1 fully saturated rings. The number of carbonyl (C=O) groups is 1. The molecule has 0 radical (unpaired) electrons. The maximum Gasteiger partial charge on any atom is 0.318 e. The summed E-state index contributed by atoms with van der Waals surface area (Å²) < 4.78 is 6.70. The third-order valence-corrected chi connectivity index (χ3v) is 3.16. The normalized spacial score (nSPS) is 17.1. The minimum atomic E-state index is -0.319. The standard InChI is InChI=1S/C11H10ClN3O2/c1-11(4-5-11)10(16)17-9-6-15-8(13-9)3-2-7(12)14-15/h2-3,6H,4-5H2,1H3. The number of carbonyl (C=O) groups excluding carboxylic acids is 1. The van der Waals surface area contributed by atoms with Gasteiger partial charge in [-0.1, -0.05) is 11.6 Å². The predicted octanol–water partition coefficient (Wildman–Crippen LogP) is 2.09. The number of aromatic nitrogens is 3. The van der Waals surface area contributed by atoms with E-state index in [1.165, 1.54) is 4.52 Å². The Morgan fingerprint density at radius 1 is 1.53 bits per heavy atom. The van der Waals surface area contributed by atoms with Crippen molar-refractivity contribution in [2.75, 3.05) is 0 Å². The first-order chi connectivity index (χ1) is 8.07. The molecule has 2 aromatic rings. The van der Waals surface area contributed by atoms with Crippen LogP contribution in [-0.2, 0) is 4.79 Å². The van der Waals surface area contributed by atoms with E-state index in [1.807, 2.05) is 6.92 Å². The smallest absolute Gasteiger partial charge is 0.318 e. The number of hydrogen-bond donors (Lipinski definition) is 0. The molecule has 5 nitrogen and oxygen atoms in total. The monoisotopic (exact) mass is 251 g/mol. The lowest BCUT2D eigenvalue weighted by atomic mass is 10.1. The van der Waals surface area contributed by atoms with Crippen LogP contribution in [0.5, 0.6) is 5.88 Å². The molecule has 1 aliphatic carbocycles. The lowest BCUT2D eigenvalue weighted by Crippen LogP contribution is -2.18. The summed E-state index contributed by atoms with van der Waals surface area (Å²) in [5, 5.41) is 4.37. The summed E-state index contributed by atoms with van der Waals surface area (Å²) in [4.78, 5) is 15.9. The van der Waals surface area contributed by atoms with Gasteiger partial charge in [-0.05, 0) is 31.9 Å². The van der Waals surface area contributed by atoms with Gasteiger partial charge in [-0.25, -0.2) is 4.52 Å². The molecule has 0 spiro atoms. The number of nitrogens with zero attached hydrogens (tertiary/aromatic N) is 3. The SMILES string of the molecule is CC1(C(=O)Oc2cn3nc(Cl)ccc3n2)CC1. The Balaban J connectivity index is 1.88. The second-order valence-electron chi connectivity index (χ2n) is 4.49. The van der Waals surface area contributed by atoms with E-state index in [9.17, 15) is 4.79 Å². The molecule has 88 valence electrons. The van der Waals surface area contributed by atoms with Crippen LogP contribution < -0.4 is 4.74 Å². The van der Waals surface area contributed by atoms with Crippen LogP contribution in [0.1, 0.15) is 19.8 Å². The van der Waals surface area contributed by atoms with E-state index >= 15 is 0 Å². The Morgan fingerprint density at radius 3 is 3.00 bits per heavy atom. The van der Waals surface area contributed by atoms with Gasteiger partial charge in [0.15, 0.2) is 5.65 Å². The second-order valence-corrected chi connectivity index (χ2v) is 4.88. The van der Waals surface area contributed by atoms with Crippen molar-refractivity contribution in [2.24, 2.45) is 5.41 Å². The number of fused-ring (bicyclic) bond motifs is 1. The zero-order valence-corrected chi connectivity index (χ0v) is 9.94. The Kier molecular flexibility index (Phi) is 2.13. The molecule has 1 saturated carbocycles. The third kappa shape index (κ3) is 1.86. The zero-order chi connectivity index (χ0) is 12.0. The van der Waals surface area contributed by atoms with Crippen molar-refractivity contribution < 1.29 is 9.53 Å². The molecule has 2 heterocycles. The summed E-state index contributed by atoms with van der Waals surface area (Å²) in [6.07, 6.45) is 3.30. The first-order valence-electron chi connectivity index (χ1n) is 5.31. The zero-order valence-electron chi connectivity index (χ0n) is 9.18. The second kappa shape index (κ2) is 3.43. The van der Waals surface area contributed by atoms with Gasteiger partial charge in [-0.2, -0.15) is 10.1 Å². The molecular formula is C11H10ClN3O2. The van der Waals surface area contributed by atoms with E-state index in [2.05, 4.69) is 10.1 Å². The van der Waals surface area contributed by atoms with Crippen LogP contribution in [0.25, 0.3) is 5.65 Å². The van der Waals surface area contributed by atoms with Gasteiger partial charge in [0.05, 0.1) is 11.6 Å². The molecular weight excluding hydrogens is 242 g/mol. The van der Waals surface area contributed by atoms with Crippen molar-refractivity contribution >= 4 is 23.2 Å². The van der Waals surface area contributed by atoms with Crippen LogP contribution in [0.4, 0.5) is 0 Å². The van der Waals surface area contributed by atoms with Gasteiger partial charge in [0, 0.05) is 0 Å². The van der Waals surface area contributed by atoms with Crippen molar-refractivity contribution in [3.05, 3.63) is 23.5 Å². The van der Waals surface area contributed by atoms with E-state index in [0.29, 0.717) is 10.8 Å². The molecule has 0 aliphatic heterocycles. The van der Waals surface area contributed by atoms with E-state index in [-0.39, 0.29) is 17.3 Å². The van der Waals surface area contributed by atoms with Crippen molar-refractivity contribution in [3.63, 3.8) is 0 Å². The van der Waals surface area contributed by atoms with Gasteiger partial charge in [0.25, 0.3) is 0 Å². The van der Waals surface area contributed by atoms with Gasteiger partial charge in [-0.3, -0.25) is 4.79 Å². The lowest BCUT2D eigenvalue weighted by molar-refractivity contribution is -0.140. The molecule has 0 saturated heterocycles. The van der Waals surface area contributed by atoms with Crippen molar-refractivity contribution in [2.45, 2.75) is 19.8 Å². The van der Waals surface area contributed by atoms with Gasteiger partial charge >= 0.3 is 5.97 Å². The fourth-order valence-electron chi connectivity index (χ4n) is 1.50. The quantitative estimate of drug-likeness (QED) is 0.767. The van der Waals surface area contributed by atoms with E-state index in [1.54, 1.807) is 18.3 Å². The molecule has 6 heteroatoms. The highest BCUT2D eigenvalue weighted by Gasteiger charge is 2.47. The fraction of sp³-hybridized carbons (Fsp3) is 0.364. The third-order valence-electron chi connectivity index (χ3n) is 2.96. The molecule has 0 bridgehead atoms. The summed E-state index contributed by atoms with van der Waals surface area (Å²) in [5.41, 5.74) is 0.277. The minimum absolute atomic E-state index is 0.230. The minimum Gasteiger partial charge on any atom is -0.405 e. The lowest BCUT2D eigenvalue weighted by Gasteiger charge is -2.04. The number of halogens is 1. The largest absolute Gasteiger partial charge is 0.405 e. The maximum atomic E-state index is 11.7. The van der Waals surface area contributed by atoms with Crippen LogP contribution in [0.3, 0.4) is 0 Å². The Labute approximate surface area is 102 Å². The number of ether oxygens (including phenoxy) is 1. The first kappa shape index (κ1) is 10.5. The maximum absolute atomic E-state index is 11.7. The van der Waals surface area contributed by atoms with Gasteiger partial charge in [-0.15, -0.1) is 0 Å². The Bertz CT molecular complexity index is 604. The average molecular weight is 252 g/mol. The number of imidazole rings is 1. The highest BCUT2D eigenvalue weighted by atomic mass is 35.5. The summed E-state index contributed by atoms with van der Waals surface area (Å²) >= 11 is 5.75. The molecule has 0 N–H and O–H groups in total. The van der Waals surface area contributed by atoms with Crippen LogP contribution in [0.2, 0.25) is 5.15 Å². The van der Waals surface area contributed by atoms with Crippen molar-refractivity contribution in [3.8, 4) is 5.88 Å². The molecule has 0 amide bonds. The van der Waals surface area contributed by atoms with E-state index in [4.69, 9.17) is 16.3 Å². The molecule has 2 aromatic heterocycles.